The molecule has 0 amide bonds. The minimum absolute atomic E-state index is 0.00660. The van der Waals surface area contributed by atoms with Crippen LogP contribution in [0.4, 0.5) is 0 Å². The van der Waals surface area contributed by atoms with Crippen molar-refractivity contribution in [2.45, 2.75) is 31.4 Å². The van der Waals surface area contributed by atoms with Gasteiger partial charge in [0.2, 0.25) is 5.78 Å². The number of hydrogen-bond donors (Lipinski definition) is 4. The Kier molecular flexibility index (Phi) is 6.98. The molecule has 0 aromatic heterocycles. The lowest BCUT2D eigenvalue weighted by molar-refractivity contribution is -0.148. The smallest absolute Gasteiger partial charge is 0.209 e. The molecule has 0 bridgehead atoms. The first kappa shape index (κ1) is 28.2. The van der Waals surface area contributed by atoms with Crippen LogP contribution in [0.25, 0.3) is 0 Å². The highest BCUT2D eigenvalue weighted by molar-refractivity contribution is 6.25. The highest BCUT2D eigenvalue weighted by Gasteiger charge is 2.63. The Hall–Kier alpha value is -3.38. The molecule has 1 aliphatic heterocycles. The fourth-order valence-electron chi connectivity index (χ4n) is 6.91. The first-order valence-corrected chi connectivity index (χ1v) is 13.4. The fourth-order valence-corrected chi connectivity index (χ4v) is 6.91. The highest BCUT2D eigenvalue weighted by atomic mass is 16.3. The van der Waals surface area contributed by atoms with Gasteiger partial charge in [0, 0.05) is 43.2 Å². The fraction of sp³-hybridized carbons (Fsp3) is 0.517. The zero-order valence-corrected chi connectivity index (χ0v) is 23.1. The van der Waals surface area contributed by atoms with Crippen LogP contribution in [-0.4, -0.2) is 124 Å². The second-order valence-corrected chi connectivity index (χ2v) is 11.6. The summed E-state index contributed by atoms with van der Waals surface area (Å²) in [4.78, 5) is 58.8. The number of piperazine rings is 1. The van der Waals surface area contributed by atoms with Gasteiger partial charge in [0.25, 0.3) is 0 Å². The number of Topliss-reactive ketones (excluding diaryl/α,β-unsaturated/α-hetero) is 4. The van der Waals surface area contributed by atoms with E-state index in [4.69, 9.17) is 0 Å². The predicted octanol–water partition coefficient (Wildman–Crippen LogP) is 0.654. The average molecular weight is 554 g/mol. The zero-order valence-electron chi connectivity index (χ0n) is 23.1. The predicted molar refractivity (Wildman–Crippen MR) is 143 cm³/mol. The van der Waals surface area contributed by atoms with E-state index in [9.17, 15) is 39.6 Å². The Morgan fingerprint density at radius 3 is 2.33 bits per heavy atom. The summed E-state index contributed by atoms with van der Waals surface area (Å²) >= 11 is 0. The SMILES string of the molecule is CC(=O)C1=C(O)[C@@H](N(C)C)[C@@H]2C[C@@H]3Cc4c(C(=O)CN5CCN(C)CC5)ccc(O)c4C(=O)C3=C(O)[C@]2(O)C1=O. The molecule has 4 atom stereocenters. The molecule has 0 saturated carbocycles. The topological polar surface area (TPSA) is 159 Å². The van der Waals surface area contributed by atoms with Crippen LogP contribution in [0.3, 0.4) is 0 Å². The van der Waals surface area contributed by atoms with Gasteiger partial charge >= 0.3 is 0 Å². The molecule has 0 radical (unpaired) electrons. The van der Waals surface area contributed by atoms with Gasteiger partial charge in [-0.1, -0.05) is 0 Å². The first-order valence-electron chi connectivity index (χ1n) is 13.4. The number of allylic oxidation sites excluding steroid dienone is 1. The molecule has 1 saturated heterocycles. The molecule has 4 N–H and O–H groups in total. The molecule has 3 aliphatic carbocycles. The second-order valence-electron chi connectivity index (χ2n) is 11.6. The Bertz CT molecular complexity index is 1390. The van der Waals surface area contributed by atoms with Crippen molar-refractivity contribution < 1.29 is 39.6 Å². The molecule has 11 nitrogen and oxygen atoms in total. The van der Waals surface area contributed by atoms with Gasteiger partial charge < -0.3 is 25.3 Å². The van der Waals surface area contributed by atoms with Crippen LogP contribution in [0, 0.1) is 11.8 Å². The molecule has 5 rings (SSSR count). The summed E-state index contributed by atoms with van der Waals surface area (Å²) in [6.07, 6.45) is 0.107. The van der Waals surface area contributed by atoms with E-state index in [0.717, 1.165) is 33.1 Å². The zero-order chi connectivity index (χ0) is 29.3. The number of aliphatic hydroxyl groups is 3. The number of phenols is 1. The van der Waals surface area contributed by atoms with E-state index < -0.39 is 57.9 Å². The molecule has 1 aromatic rings. The number of aromatic hydroxyl groups is 1. The average Bonchev–Trinajstić information content (AvgIpc) is 2.87. The van der Waals surface area contributed by atoms with Crippen LogP contribution in [0.2, 0.25) is 0 Å². The van der Waals surface area contributed by atoms with Crippen LogP contribution >= 0.6 is 0 Å². The minimum atomic E-state index is -2.62. The lowest BCUT2D eigenvalue weighted by Crippen LogP contribution is -2.63. The van der Waals surface area contributed by atoms with Crippen LogP contribution < -0.4 is 0 Å². The van der Waals surface area contributed by atoms with Crippen LogP contribution in [0.1, 0.15) is 39.6 Å². The van der Waals surface area contributed by atoms with Gasteiger partial charge in [-0.05, 0) is 64.5 Å². The number of likely N-dealkylation sites (N-methyl/N-ethyl adjacent to an activating group) is 2. The Morgan fingerprint density at radius 1 is 1.07 bits per heavy atom. The van der Waals surface area contributed by atoms with E-state index in [0.29, 0.717) is 11.1 Å². The van der Waals surface area contributed by atoms with E-state index in [2.05, 4.69) is 4.90 Å². The van der Waals surface area contributed by atoms with Crippen LogP contribution in [0.15, 0.2) is 34.8 Å². The third-order valence-corrected chi connectivity index (χ3v) is 8.98. The monoisotopic (exact) mass is 553 g/mol. The largest absolute Gasteiger partial charge is 0.510 e. The molecular formula is C29H35N3O8. The normalized spacial score (nSPS) is 29.4. The maximum Gasteiger partial charge on any atom is 0.209 e. The maximum atomic E-state index is 13.8. The van der Waals surface area contributed by atoms with Gasteiger partial charge in [0.15, 0.2) is 23.0 Å². The molecule has 1 fully saturated rings. The highest BCUT2D eigenvalue weighted by Crippen LogP contribution is 2.52. The lowest BCUT2D eigenvalue weighted by Gasteiger charge is -2.50. The van der Waals surface area contributed by atoms with Gasteiger partial charge in [0.1, 0.15) is 22.8 Å². The first-order chi connectivity index (χ1) is 18.8. The molecular weight excluding hydrogens is 518 g/mol. The summed E-state index contributed by atoms with van der Waals surface area (Å²) in [5.74, 6) is -6.43. The molecule has 11 heteroatoms. The summed E-state index contributed by atoms with van der Waals surface area (Å²) in [7, 11) is 5.24. The van der Waals surface area contributed by atoms with Crippen molar-refractivity contribution in [2.75, 3.05) is 53.9 Å². The minimum Gasteiger partial charge on any atom is -0.510 e. The van der Waals surface area contributed by atoms with Crippen LogP contribution in [-0.2, 0) is 16.0 Å². The molecule has 1 heterocycles. The molecule has 4 aliphatic rings. The number of fused-ring (bicyclic) bond motifs is 3. The van der Waals surface area contributed by atoms with E-state index in [1.807, 2.05) is 11.9 Å². The Morgan fingerprint density at radius 2 is 1.73 bits per heavy atom. The van der Waals surface area contributed by atoms with E-state index >= 15 is 0 Å². The molecule has 0 unspecified atom stereocenters. The van der Waals surface area contributed by atoms with Crippen molar-refractivity contribution in [3.8, 4) is 5.75 Å². The van der Waals surface area contributed by atoms with Gasteiger partial charge in [0.05, 0.1) is 18.2 Å². The van der Waals surface area contributed by atoms with Crippen molar-refractivity contribution in [1.82, 2.24) is 14.7 Å². The number of phenolic OH excluding ortho intramolecular Hbond substituents is 1. The van der Waals surface area contributed by atoms with Crippen molar-refractivity contribution in [3.63, 3.8) is 0 Å². The number of benzene rings is 1. The number of nitrogens with zero attached hydrogens (tertiary/aromatic N) is 3. The summed E-state index contributed by atoms with van der Waals surface area (Å²) in [6.45, 7) is 4.35. The Labute approximate surface area is 232 Å². The number of hydrogen-bond acceptors (Lipinski definition) is 11. The number of aliphatic hydroxyl groups excluding tert-OH is 2. The molecule has 1 aromatic carbocycles. The standard InChI is InChI=1S/C29H35N3O8/c1-14(33)21-26(37)24(30(2)3)18-12-15-11-17-16(20(35)13-32-9-7-31(4)8-10-32)5-6-19(34)23(17)25(36)22(15)28(39)29(18,40)27(21)38/h5-6,15,18,24,34,37,39-40H,7-13H2,1-4H3/t15-,18-,24-,29+/m0/s1. The van der Waals surface area contributed by atoms with Crippen molar-refractivity contribution in [1.29, 1.82) is 0 Å². The quantitative estimate of drug-likeness (QED) is 0.300. The Balaban J connectivity index is 1.59. The van der Waals surface area contributed by atoms with E-state index in [1.54, 1.807) is 19.0 Å². The van der Waals surface area contributed by atoms with Gasteiger partial charge in [-0.15, -0.1) is 0 Å². The summed E-state index contributed by atoms with van der Waals surface area (Å²) < 4.78 is 0. The summed E-state index contributed by atoms with van der Waals surface area (Å²) in [5, 5.41) is 44.8. The number of carbonyl (C=O) groups excluding carboxylic acids is 4. The molecule has 214 valence electrons. The van der Waals surface area contributed by atoms with E-state index in [-0.39, 0.29) is 42.1 Å². The third-order valence-electron chi connectivity index (χ3n) is 8.98. The van der Waals surface area contributed by atoms with Gasteiger partial charge in [-0.2, -0.15) is 0 Å². The summed E-state index contributed by atoms with van der Waals surface area (Å²) in [6, 6.07) is 1.78. The third kappa shape index (κ3) is 4.11. The van der Waals surface area contributed by atoms with Crippen LogP contribution in [0.5, 0.6) is 5.75 Å². The molecule has 0 spiro atoms. The van der Waals surface area contributed by atoms with Gasteiger partial charge in [-0.3, -0.25) is 29.0 Å². The second kappa shape index (κ2) is 9.91. The number of rotatable bonds is 5. The van der Waals surface area contributed by atoms with Crippen molar-refractivity contribution >= 4 is 23.1 Å². The number of carbonyl (C=O) groups is 4. The van der Waals surface area contributed by atoms with E-state index in [1.165, 1.54) is 12.1 Å². The van der Waals surface area contributed by atoms with Crippen molar-refractivity contribution in [3.05, 3.63) is 51.5 Å². The molecule has 40 heavy (non-hydrogen) atoms. The maximum absolute atomic E-state index is 13.8. The lowest BCUT2D eigenvalue weighted by atomic mass is 9.58. The number of ketones is 4. The summed E-state index contributed by atoms with van der Waals surface area (Å²) in [5.41, 5.74) is -2.92. The van der Waals surface area contributed by atoms with Gasteiger partial charge in [-0.25, -0.2) is 0 Å². The van der Waals surface area contributed by atoms with Crippen molar-refractivity contribution in [2.24, 2.45) is 11.8 Å².